The molecule has 90 valence electrons. The summed E-state index contributed by atoms with van der Waals surface area (Å²) in [6.45, 7) is 2.30. The Morgan fingerprint density at radius 2 is 1.67 bits per heavy atom. The van der Waals surface area contributed by atoms with Crippen LogP contribution >= 0.6 is 0 Å². The van der Waals surface area contributed by atoms with Crippen LogP contribution in [0.25, 0.3) is 11.1 Å². The van der Waals surface area contributed by atoms with E-state index in [4.69, 9.17) is 0 Å². The van der Waals surface area contributed by atoms with Gasteiger partial charge in [-0.3, -0.25) is 0 Å². The van der Waals surface area contributed by atoms with Crippen LogP contribution in [0.3, 0.4) is 0 Å². The zero-order valence-corrected chi connectivity index (χ0v) is 10.9. The topological polar surface area (TPSA) is 0 Å². The lowest BCUT2D eigenvalue weighted by Crippen LogP contribution is -2.07. The fourth-order valence-corrected chi connectivity index (χ4v) is 3.83. The molecule has 0 saturated heterocycles. The third-order valence-electron chi connectivity index (χ3n) is 4.63. The number of hydrogen-bond donors (Lipinski definition) is 0. The molecule has 0 atom stereocenters. The molecule has 2 aliphatic carbocycles. The Labute approximate surface area is 109 Å². The van der Waals surface area contributed by atoms with E-state index in [1.165, 1.54) is 42.4 Å². The van der Waals surface area contributed by atoms with Crippen molar-refractivity contribution in [3.63, 3.8) is 0 Å². The molecule has 0 spiro atoms. The van der Waals surface area contributed by atoms with E-state index < -0.39 is 0 Å². The maximum absolute atomic E-state index is 2.44. The van der Waals surface area contributed by atoms with Gasteiger partial charge < -0.3 is 0 Å². The second-order valence-electron chi connectivity index (χ2n) is 5.73. The number of benzene rings is 2. The van der Waals surface area contributed by atoms with Crippen molar-refractivity contribution in [3.8, 4) is 11.1 Å². The van der Waals surface area contributed by atoms with Gasteiger partial charge in [0.05, 0.1) is 0 Å². The van der Waals surface area contributed by atoms with Crippen LogP contribution in [-0.4, -0.2) is 0 Å². The largest absolute Gasteiger partial charge is 0.0619 e. The summed E-state index contributed by atoms with van der Waals surface area (Å²) >= 11 is 0. The molecule has 0 amide bonds. The van der Waals surface area contributed by atoms with E-state index in [0.29, 0.717) is 0 Å². The molecule has 18 heavy (non-hydrogen) atoms. The smallest absolute Gasteiger partial charge is 0.00132 e. The normalized spacial score (nSPS) is 16.1. The number of fused-ring (bicyclic) bond motifs is 5. The van der Waals surface area contributed by atoms with Gasteiger partial charge in [-0.05, 0) is 78.0 Å². The van der Waals surface area contributed by atoms with Crippen molar-refractivity contribution in [2.45, 2.75) is 39.0 Å². The van der Waals surface area contributed by atoms with E-state index in [-0.39, 0.29) is 0 Å². The molecule has 0 heteroatoms. The van der Waals surface area contributed by atoms with Crippen LogP contribution in [0.5, 0.6) is 0 Å². The van der Waals surface area contributed by atoms with E-state index in [2.05, 4.69) is 37.3 Å². The van der Waals surface area contributed by atoms with Gasteiger partial charge in [0.25, 0.3) is 0 Å². The highest BCUT2D eigenvalue weighted by Gasteiger charge is 2.25. The van der Waals surface area contributed by atoms with Gasteiger partial charge in [0, 0.05) is 0 Å². The fourth-order valence-electron chi connectivity index (χ4n) is 3.83. The van der Waals surface area contributed by atoms with Gasteiger partial charge >= 0.3 is 0 Å². The summed E-state index contributed by atoms with van der Waals surface area (Å²) in [5, 5.41) is 0. The van der Waals surface area contributed by atoms with Crippen molar-refractivity contribution in [1.82, 2.24) is 0 Å². The van der Waals surface area contributed by atoms with Crippen molar-refractivity contribution in [2.24, 2.45) is 0 Å². The van der Waals surface area contributed by atoms with Gasteiger partial charge in [-0.1, -0.05) is 30.3 Å². The van der Waals surface area contributed by atoms with Gasteiger partial charge in [0.15, 0.2) is 0 Å². The summed E-state index contributed by atoms with van der Waals surface area (Å²) in [6, 6.07) is 11.4. The van der Waals surface area contributed by atoms with Crippen molar-refractivity contribution in [2.75, 3.05) is 0 Å². The predicted octanol–water partition coefficient (Wildman–Crippen LogP) is 4.45. The first-order valence-electron chi connectivity index (χ1n) is 7.07. The second kappa shape index (κ2) is 3.71. The third-order valence-corrected chi connectivity index (χ3v) is 4.63. The molecule has 0 N–H and O–H groups in total. The molecule has 0 fully saturated rings. The van der Waals surface area contributed by atoms with Gasteiger partial charge in [0.2, 0.25) is 0 Å². The molecule has 2 aromatic rings. The van der Waals surface area contributed by atoms with E-state index >= 15 is 0 Å². The summed E-state index contributed by atoms with van der Waals surface area (Å²) in [7, 11) is 0. The van der Waals surface area contributed by atoms with Gasteiger partial charge in [-0.15, -0.1) is 0 Å². The summed E-state index contributed by atoms with van der Waals surface area (Å²) < 4.78 is 0. The SMILES string of the molecule is Cc1cc2c(c3c1CCCC3)-c1ccccc1C2. The molecule has 2 aromatic carbocycles. The van der Waals surface area contributed by atoms with E-state index in [0.717, 1.165) is 6.42 Å². The minimum Gasteiger partial charge on any atom is -0.0619 e. The maximum atomic E-state index is 2.44. The molecule has 0 bridgehead atoms. The number of rotatable bonds is 0. The highest BCUT2D eigenvalue weighted by atomic mass is 14.3. The van der Waals surface area contributed by atoms with E-state index in [1.54, 1.807) is 22.3 Å². The average molecular weight is 234 g/mol. The van der Waals surface area contributed by atoms with Crippen molar-refractivity contribution in [3.05, 3.63) is 58.1 Å². The van der Waals surface area contributed by atoms with Crippen LogP contribution in [0.2, 0.25) is 0 Å². The summed E-state index contributed by atoms with van der Waals surface area (Å²) in [5.74, 6) is 0. The molecule has 0 unspecified atom stereocenters. The summed E-state index contributed by atoms with van der Waals surface area (Å²) in [6.07, 6.45) is 6.45. The quantitative estimate of drug-likeness (QED) is 0.539. The Balaban J connectivity index is 2.04. The molecule has 0 nitrogen and oxygen atoms in total. The lowest BCUT2D eigenvalue weighted by Gasteiger charge is -2.22. The molecule has 0 saturated carbocycles. The van der Waals surface area contributed by atoms with Crippen LogP contribution in [0.15, 0.2) is 30.3 Å². The van der Waals surface area contributed by atoms with Gasteiger partial charge in [0.1, 0.15) is 0 Å². The minimum atomic E-state index is 1.14. The highest BCUT2D eigenvalue weighted by Crippen LogP contribution is 2.43. The first-order chi connectivity index (χ1) is 8.84. The standard InChI is InChI=1S/C18H18/c1-12-10-14-11-13-6-2-3-8-16(13)18(14)17-9-5-4-7-15(12)17/h2-3,6,8,10H,4-5,7,9,11H2,1H3. The van der Waals surface area contributed by atoms with Crippen LogP contribution in [0.1, 0.15) is 40.7 Å². The molecule has 4 rings (SSSR count). The van der Waals surface area contributed by atoms with Crippen LogP contribution in [-0.2, 0) is 19.3 Å². The fraction of sp³-hybridized carbons (Fsp3) is 0.333. The zero-order chi connectivity index (χ0) is 12.1. The van der Waals surface area contributed by atoms with Crippen LogP contribution < -0.4 is 0 Å². The Morgan fingerprint density at radius 3 is 2.56 bits per heavy atom. The Kier molecular flexibility index (Phi) is 2.14. The third kappa shape index (κ3) is 1.32. The van der Waals surface area contributed by atoms with Crippen molar-refractivity contribution in [1.29, 1.82) is 0 Å². The molecule has 0 aliphatic heterocycles. The van der Waals surface area contributed by atoms with Crippen LogP contribution in [0.4, 0.5) is 0 Å². The molecular formula is C18H18. The molecule has 2 aliphatic rings. The highest BCUT2D eigenvalue weighted by molar-refractivity contribution is 5.81. The van der Waals surface area contributed by atoms with Crippen molar-refractivity contribution < 1.29 is 0 Å². The zero-order valence-electron chi connectivity index (χ0n) is 10.9. The molecular weight excluding hydrogens is 216 g/mol. The number of aryl methyl sites for hydroxylation is 1. The minimum absolute atomic E-state index is 1.14. The van der Waals surface area contributed by atoms with Gasteiger partial charge in [-0.25, -0.2) is 0 Å². The number of hydrogen-bond acceptors (Lipinski definition) is 0. The first kappa shape index (κ1) is 10.4. The lowest BCUT2D eigenvalue weighted by molar-refractivity contribution is 0.683. The Bertz CT molecular complexity index is 635. The monoisotopic (exact) mass is 234 g/mol. The maximum Gasteiger partial charge on any atom is -0.00132 e. The van der Waals surface area contributed by atoms with E-state index in [1.807, 2.05) is 0 Å². The van der Waals surface area contributed by atoms with Crippen LogP contribution in [0, 0.1) is 6.92 Å². The molecule has 0 heterocycles. The van der Waals surface area contributed by atoms with Gasteiger partial charge in [-0.2, -0.15) is 0 Å². The lowest BCUT2D eigenvalue weighted by atomic mass is 9.83. The Morgan fingerprint density at radius 1 is 0.889 bits per heavy atom. The summed E-state index contributed by atoms with van der Waals surface area (Å²) in [4.78, 5) is 0. The van der Waals surface area contributed by atoms with E-state index in [9.17, 15) is 0 Å². The average Bonchev–Trinajstić information content (AvgIpc) is 2.77. The molecule has 0 aromatic heterocycles. The Hall–Kier alpha value is -1.56. The van der Waals surface area contributed by atoms with Crippen molar-refractivity contribution >= 4 is 0 Å². The molecule has 0 radical (unpaired) electrons. The predicted molar refractivity (Wildman–Crippen MR) is 76.1 cm³/mol. The summed E-state index contributed by atoms with van der Waals surface area (Å²) in [5.41, 5.74) is 11.0. The second-order valence-corrected chi connectivity index (χ2v) is 5.73. The first-order valence-corrected chi connectivity index (χ1v) is 7.07.